The molecule has 0 radical (unpaired) electrons. The van der Waals surface area contributed by atoms with E-state index in [-0.39, 0.29) is 6.04 Å². The van der Waals surface area contributed by atoms with E-state index in [0.29, 0.717) is 24.7 Å². The first-order valence-corrected chi connectivity index (χ1v) is 10.0. The minimum absolute atomic E-state index is 0.256. The van der Waals surface area contributed by atoms with Crippen LogP contribution in [0.1, 0.15) is 42.5 Å². The molecule has 6 heteroatoms. The lowest BCUT2D eigenvalue weighted by Crippen LogP contribution is -2.37. The average Bonchev–Trinajstić information content (AvgIpc) is 2.74. The Hall–Kier alpha value is -2.86. The molecular weight excluding hydrogens is 368 g/mol. The molecule has 1 unspecified atom stereocenters. The van der Waals surface area contributed by atoms with E-state index < -0.39 is 11.8 Å². The fourth-order valence-electron chi connectivity index (χ4n) is 3.48. The molecule has 0 aromatic heterocycles. The number of ether oxygens (including phenoxy) is 2. The van der Waals surface area contributed by atoms with Gasteiger partial charge in [0.2, 0.25) is 0 Å². The average molecular weight is 396 g/mol. The number of para-hydroxylation sites is 2. The Balaban J connectivity index is 1.60. The molecule has 29 heavy (non-hydrogen) atoms. The van der Waals surface area contributed by atoms with Crippen molar-refractivity contribution in [2.45, 2.75) is 38.6 Å². The van der Waals surface area contributed by atoms with Gasteiger partial charge in [-0.15, -0.1) is 0 Å². The molecule has 0 saturated carbocycles. The first-order valence-electron chi connectivity index (χ1n) is 10.0. The summed E-state index contributed by atoms with van der Waals surface area (Å²) in [6.07, 6.45) is 4.62. The number of aryl methyl sites for hydroxylation is 2. The number of fused-ring (bicyclic) bond motifs is 1. The second-order valence-corrected chi connectivity index (χ2v) is 7.22. The minimum Gasteiger partial charge on any atom is -0.489 e. The van der Waals surface area contributed by atoms with Gasteiger partial charge in [0.1, 0.15) is 12.4 Å². The molecule has 6 nitrogen and oxygen atoms in total. The van der Waals surface area contributed by atoms with Crippen molar-refractivity contribution in [1.82, 2.24) is 5.32 Å². The topological polar surface area (TPSA) is 76.7 Å². The maximum Gasteiger partial charge on any atom is 0.313 e. The number of nitrogens with one attached hydrogen (secondary N) is 2. The first-order chi connectivity index (χ1) is 14.1. The van der Waals surface area contributed by atoms with Crippen LogP contribution in [0.3, 0.4) is 0 Å². The normalized spacial score (nSPS) is 13.9. The van der Waals surface area contributed by atoms with Crippen molar-refractivity contribution >= 4 is 17.5 Å². The van der Waals surface area contributed by atoms with Gasteiger partial charge >= 0.3 is 11.8 Å². The van der Waals surface area contributed by atoms with Gasteiger partial charge in [-0.25, -0.2) is 0 Å². The second-order valence-electron chi connectivity index (χ2n) is 7.22. The molecule has 154 valence electrons. The van der Waals surface area contributed by atoms with E-state index in [0.717, 1.165) is 18.4 Å². The smallest absolute Gasteiger partial charge is 0.313 e. The summed E-state index contributed by atoms with van der Waals surface area (Å²) in [6.45, 7) is 2.67. The standard InChI is InChI=1S/C23H28N2O4/c1-16(18-12-11-17-7-3-4-8-19(17)15-18)24-22(26)23(27)25-20-9-5-6-10-21(20)29-14-13-28-2/h5-6,9-12,15-16H,3-4,7-8,13-14H2,1-2H3,(H,24,26)(H,25,27). The van der Waals surface area contributed by atoms with Gasteiger partial charge in [-0.05, 0) is 61.4 Å². The SMILES string of the molecule is COCCOc1ccccc1NC(=O)C(=O)NC(C)c1ccc2c(c1)CCCC2. The lowest BCUT2D eigenvalue weighted by atomic mass is 9.89. The van der Waals surface area contributed by atoms with Crippen molar-refractivity contribution in [3.63, 3.8) is 0 Å². The first kappa shape index (κ1) is 20.9. The van der Waals surface area contributed by atoms with E-state index in [4.69, 9.17) is 9.47 Å². The van der Waals surface area contributed by atoms with Gasteiger partial charge in [0.25, 0.3) is 0 Å². The Kier molecular flexibility index (Phi) is 7.25. The largest absolute Gasteiger partial charge is 0.489 e. The van der Waals surface area contributed by atoms with Crippen LogP contribution in [0.4, 0.5) is 5.69 Å². The molecule has 0 fully saturated rings. The fraction of sp³-hybridized carbons (Fsp3) is 0.391. The Morgan fingerprint density at radius 1 is 1.00 bits per heavy atom. The third-order valence-corrected chi connectivity index (χ3v) is 5.11. The summed E-state index contributed by atoms with van der Waals surface area (Å²) in [5.74, 6) is -0.909. The molecule has 2 amide bonds. The van der Waals surface area contributed by atoms with Gasteiger partial charge < -0.3 is 20.1 Å². The van der Waals surface area contributed by atoms with Gasteiger partial charge in [-0.2, -0.15) is 0 Å². The number of rotatable bonds is 7. The summed E-state index contributed by atoms with van der Waals surface area (Å²) in [6, 6.07) is 13.1. The zero-order valence-electron chi connectivity index (χ0n) is 17.0. The van der Waals surface area contributed by atoms with Crippen molar-refractivity contribution in [3.05, 3.63) is 59.2 Å². The van der Waals surface area contributed by atoms with E-state index in [2.05, 4.69) is 22.8 Å². The molecule has 0 aliphatic heterocycles. The fourth-order valence-corrected chi connectivity index (χ4v) is 3.48. The van der Waals surface area contributed by atoms with E-state index in [9.17, 15) is 9.59 Å². The Morgan fingerprint density at radius 3 is 2.55 bits per heavy atom. The Labute approximate surface area is 171 Å². The molecule has 0 bridgehead atoms. The molecule has 1 aliphatic carbocycles. The number of anilines is 1. The van der Waals surface area contributed by atoms with Gasteiger partial charge in [-0.1, -0.05) is 30.3 Å². The lowest BCUT2D eigenvalue weighted by molar-refractivity contribution is -0.136. The number of amides is 2. The number of hydrogen-bond donors (Lipinski definition) is 2. The van der Waals surface area contributed by atoms with Gasteiger partial charge in [0, 0.05) is 7.11 Å². The van der Waals surface area contributed by atoms with Crippen molar-refractivity contribution in [3.8, 4) is 5.75 Å². The van der Waals surface area contributed by atoms with E-state index in [1.54, 1.807) is 31.4 Å². The zero-order valence-corrected chi connectivity index (χ0v) is 17.0. The molecule has 2 aromatic carbocycles. The zero-order chi connectivity index (χ0) is 20.6. The van der Waals surface area contributed by atoms with Crippen LogP contribution in [-0.2, 0) is 27.2 Å². The summed E-state index contributed by atoms with van der Waals surface area (Å²) in [7, 11) is 1.59. The predicted octanol–water partition coefficient (Wildman–Crippen LogP) is 3.41. The van der Waals surface area contributed by atoms with E-state index in [1.165, 1.54) is 24.0 Å². The monoisotopic (exact) mass is 396 g/mol. The van der Waals surface area contributed by atoms with Crippen LogP contribution in [0, 0.1) is 0 Å². The summed E-state index contributed by atoms with van der Waals surface area (Å²) in [4.78, 5) is 24.8. The lowest BCUT2D eigenvalue weighted by Gasteiger charge is -2.20. The Bertz CT molecular complexity index is 866. The highest BCUT2D eigenvalue weighted by Gasteiger charge is 2.19. The third kappa shape index (κ3) is 5.57. The van der Waals surface area contributed by atoms with E-state index >= 15 is 0 Å². The summed E-state index contributed by atoms with van der Waals surface area (Å²) < 4.78 is 10.6. The maximum absolute atomic E-state index is 12.4. The van der Waals surface area contributed by atoms with Crippen LogP contribution in [-0.4, -0.2) is 32.1 Å². The van der Waals surface area contributed by atoms with Crippen LogP contribution in [0.2, 0.25) is 0 Å². The van der Waals surface area contributed by atoms with Crippen LogP contribution < -0.4 is 15.4 Å². The van der Waals surface area contributed by atoms with Crippen molar-refractivity contribution in [2.24, 2.45) is 0 Å². The summed E-state index contributed by atoms with van der Waals surface area (Å²) in [5, 5.41) is 5.41. The van der Waals surface area contributed by atoms with Crippen LogP contribution >= 0.6 is 0 Å². The molecular formula is C23H28N2O4. The second kappa shape index (κ2) is 10.1. The number of hydrogen-bond acceptors (Lipinski definition) is 4. The van der Waals surface area contributed by atoms with Gasteiger partial charge in [0.05, 0.1) is 18.3 Å². The molecule has 2 aromatic rings. The maximum atomic E-state index is 12.4. The highest BCUT2D eigenvalue weighted by Crippen LogP contribution is 2.25. The molecule has 3 rings (SSSR count). The number of methoxy groups -OCH3 is 1. The molecule has 0 saturated heterocycles. The third-order valence-electron chi connectivity index (χ3n) is 5.11. The van der Waals surface area contributed by atoms with E-state index in [1.807, 2.05) is 13.0 Å². The van der Waals surface area contributed by atoms with Crippen molar-refractivity contribution < 1.29 is 19.1 Å². The number of carbonyl (C=O) groups is 2. The van der Waals surface area contributed by atoms with Crippen LogP contribution in [0.15, 0.2) is 42.5 Å². The number of benzene rings is 2. The minimum atomic E-state index is -0.724. The van der Waals surface area contributed by atoms with Gasteiger partial charge in [-0.3, -0.25) is 9.59 Å². The molecule has 1 atom stereocenters. The van der Waals surface area contributed by atoms with Crippen molar-refractivity contribution in [2.75, 3.05) is 25.6 Å². The summed E-state index contributed by atoms with van der Waals surface area (Å²) in [5.41, 5.74) is 4.20. The highest BCUT2D eigenvalue weighted by molar-refractivity contribution is 6.39. The van der Waals surface area contributed by atoms with Crippen LogP contribution in [0.25, 0.3) is 0 Å². The molecule has 2 N–H and O–H groups in total. The van der Waals surface area contributed by atoms with Crippen molar-refractivity contribution in [1.29, 1.82) is 0 Å². The molecule has 0 spiro atoms. The van der Waals surface area contributed by atoms with Gasteiger partial charge in [0.15, 0.2) is 0 Å². The Morgan fingerprint density at radius 2 is 1.76 bits per heavy atom. The van der Waals surface area contributed by atoms with Crippen LogP contribution in [0.5, 0.6) is 5.75 Å². The summed E-state index contributed by atoms with van der Waals surface area (Å²) >= 11 is 0. The quantitative estimate of drug-likeness (QED) is 0.555. The molecule has 1 aliphatic rings. The predicted molar refractivity (Wildman–Crippen MR) is 112 cm³/mol. The number of carbonyl (C=O) groups excluding carboxylic acids is 2. The highest BCUT2D eigenvalue weighted by atomic mass is 16.5. The molecule has 0 heterocycles.